The molecule has 5 heteroatoms. The highest BCUT2D eigenvalue weighted by Crippen LogP contribution is 2.24. The first kappa shape index (κ1) is 9.38. The third kappa shape index (κ3) is 2.41. The summed E-state index contributed by atoms with van der Waals surface area (Å²) in [5, 5.41) is 7.79. The molecule has 0 aliphatic heterocycles. The molecule has 0 radical (unpaired) electrons. The molecular formula is C7H14N4S. The lowest BCUT2D eigenvalue weighted by molar-refractivity contribution is 0.640. The summed E-state index contributed by atoms with van der Waals surface area (Å²) in [7, 11) is 0. The summed E-state index contributed by atoms with van der Waals surface area (Å²) in [4.78, 5) is 4.01. The highest BCUT2D eigenvalue weighted by molar-refractivity contribution is 7.99. The van der Waals surface area contributed by atoms with Crippen molar-refractivity contribution >= 4 is 17.7 Å². The Balaban J connectivity index is 2.52. The number of H-pyrrole nitrogens is 1. The van der Waals surface area contributed by atoms with Gasteiger partial charge in [-0.25, -0.2) is 5.10 Å². The zero-order valence-electron chi connectivity index (χ0n) is 7.53. The van der Waals surface area contributed by atoms with E-state index in [1.54, 1.807) is 11.8 Å². The van der Waals surface area contributed by atoms with E-state index < -0.39 is 0 Å². The summed E-state index contributed by atoms with van der Waals surface area (Å²) in [6, 6.07) is 0. The zero-order chi connectivity index (χ0) is 9.14. The van der Waals surface area contributed by atoms with Crippen molar-refractivity contribution in [2.24, 2.45) is 5.92 Å². The van der Waals surface area contributed by atoms with E-state index in [1.165, 1.54) is 0 Å². The molecule has 4 nitrogen and oxygen atoms in total. The monoisotopic (exact) mass is 186 g/mol. The highest BCUT2D eigenvalue weighted by atomic mass is 32.2. The van der Waals surface area contributed by atoms with Crippen LogP contribution >= 0.6 is 11.8 Å². The Hall–Kier alpha value is -0.710. The molecule has 68 valence electrons. The van der Waals surface area contributed by atoms with Crippen LogP contribution in [0.25, 0.3) is 0 Å². The minimum Gasteiger partial charge on any atom is -0.368 e. The van der Waals surface area contributed by atoms with E-state index in [0.29, 0.717) is 17.1 Å². The zero-order valence-corrected chi connectivity index (χ0v) is 8.35. The van der Waals surface area contributed by atoms with Crippen molar-refractivity contribution in [1.82, 2.24) is 15.2 Å². The molecule has 12 heavy (non-hydrogen) atoms. The number of aromatic amines is 1. The minimum absolute atomic E-state index is 0.383. The number of hydrogen-bond acceptors (Lipinski definition) is 4. The molecule has 0 fully saturated rings. The van der Waals surface area contributed by atoms with Crippen LogP contribution in [0.3, 0.4) is 0 Å². The van der Waals surface area contributed by atoms with Crippen molar-refractivity contribution in [3.63, 3.8) is 0 Å². The minimum atomic E-state index is 0.383. The Bertz CT molecular complexity index is 245. The molecule has 1 aromatic rings. The molecule has 0 bridgehead atoms. The van der Waals surface area contributed by atoms with Crippen LogP contribution < -0.4 is 5.73 Å². The van der Waals surface area contributed by atoms with E-state index in [4.69, 9.17) is 5.73 Å². The number of nitrogens with one attached hydrogen (secondary N) is 1. The Morgan fingerprint density at radius 3 is 2.50 bits per heavy atom. The molecule has 1 heterocycles. The summed E-state index contributed by atoms with van der Waals surface area (Å²) in [5.41, 5.74) is 5.39. The fourth-order valence-electron chi connectivity index (χ4n) is 0.613. The van der Waals surface area contributed by atoms with Crippen LogP contribution in [0.5, 0.6) is 0 Å². The number of rotatable bonds is 3. The second-order valence-electron chi connectivity index (χ2n) is 3.07. The fourth-order valence-corrected chi connectivity index (χ4v) is 1.47. The largest absolute Gasteiger partial charge is 0.368 e. The normalized spacial score (nSPS) is 13.7. The molecule has 1 rings (SSSR count). The summed E-state index contributed by atoms with van der Waals surface area (Å²) < 4.78 is 0. The second-order valence-corrected chi connectivity index (χ2v) is 4.41. The van der Waals surface area contributed by atoms with Crippen molar-refractivity contribution in [2.75, 3.05) is 5.73 Å². The second kappa shape index (κ2) is 3.80. The van der Waals surface area contributed by atoms with Gasteiger partial charge in [-0.15, -0.1) is 5.10 Å². The van der Waals surface area contributed by atoms with E-state index in [0.717, 1.165) is 5.16 Å². The lowest BCUT2D eigenvalue weighted by Crippen LogP contribution is -2.05. The maximum absolute atomic E-state index is 5.39. The van der Waals surface area contributed by atoms with Crippen LogP contribution in [-0.4, -0.2) is 20.4 Å². The number of nitrogen functional groups attached to an aromatic ring is 1. The predicted molar refractivity (Wildman–Crippen MR) is 51.0 cm³/mol. The van der Waals surface area contributed by atoms with Gasteiger partial charge in [0.1, 0.15) is 0 Å². The fraction of sp³-hybridized carbons (Fsp3) is 0.714. The van der Waals surface area contributed by atoms with Gasteiger partial charge in [0, 0.05) is 5.25 Å². The van der Waals surface area contributed by atoms with Gasteiger partial charge in [0.25, 0.3) is 0 Å². The first-order valence-electron chi connectivity index (χ1n) is 3.94. The lowest BCUT2D eigenvalue weighted by Gasteiger charge is -2.11. The number of thioether (sulfide) groups is 1. The van der Waals surface area contributed by atoms with Gasteiger partial charge >= 0.3 is 0 Å². The Kier molecular flexibility index (Phi) is 2.97. The van der Waals surface area contributed by atoms with E-state index >= 15 is 0 Å². The molecule has 0 amide bonds. The first-order chi connectivity index (χ1) is 5.59. The molecule has 0 saturated carbocycles. The van der Waals surface area contributed by atoms with Gasteiger partial charge in [-0.1, -0.05) is 32.5 Å². The van der Waals surface area contributed by atoms with E-state index in [1.807, 2.05) is 0 Å². The third-order valence-electron chi connectivity index (χ3n) is 1.71. The molecule has 0 aliphatic carbocycles. The van der Waals surface area contributed by atoms with Crippen LogP contribution in [0.1, 0.15) is 20.8 Å². The Labute approximate surface area is 76.3 Å². The van der Waals surface area contributed by atoms with E-state index in [9.17, 15) is 0 Å². The number of aromatic nitrogens is 3. The predicted octanol–water partition coefficient (Wildman–Crippen LogP) is 1.52. The van der Waals surface area contributed by atoms with E-state index in [2.05, 4.69) is 36.0 Å². The average Bonchev–Trinajstić information content (AvgIpc) is 2.35. The van der Waals surface area contributed by atoms with Gasteiger partial charge in [-0.3, -0.25) is 0 Å². The third-order valence-corrected chi connectivity index (χ3v) is 3.02. The standard InChI is InChI=1S/C7H14N4S/c1-4(2)5(3)12-7-9-6(8)10-11-7/h4-5H,1-3H3,(H3,8,9,10,11). The maximum atomic E-state index is 5.39. The molecular weight excluding hydrogens is 172 g/mol. The highest BCUT2D eigenvalue weighted by Gasteiger charge is 2.11. The van der Waals surface area contributed by atoms with Crippen molar-refractivity contribution in [3.05, 3.63) is 0 Å². The maximum Gasteiger partial charge on any atom is 0.216 e. The van der Waals surface area contributed by atoms with Gasteiger partial charge in [-0.2, -0.15) is 4.98 Å². The molecule has 3 N–H and O–H groups in total. The van der Waals surface area contributed by atoms with Crippen molar-refractivity contribution in [3.8, 4) is 0 Å². The molecule has 1 atom stereocenters. The quantitative estimate of drug-likeness (QED) is 0.702. The van der Waals surface area contributed by atoms with Crippen molar-refractivity contribution in [1.29, 1.82) is 0 Å². The summed E-state index contributed by atoms with van der Waals surface area (Å²) in [5.74, 6) is 1.00. The van der Waals surface area contributed by atoms with Gasteiger partial charge < -0.3 is 5.73 Å². The van der Waals surface area contributed by atoms with Crippen LogP contribution in [0, 0.1) is 5.92 Å². The SMILES string of the molecule is CC(C)C(C)Sc1n[nH]c(N)n1. The Morgan fingerprint density at radius 2 is 2.08 bits per heavy atom. The molecule has 0 aliphatic rings. The number of nitrogens with two attached hydrogens (primary N) is 1. The van der Waals surface area contributed by atoms with Gasteiger partial charge in [0.15, 0.2) is 0 Å². The first-order valence-corrected chi connectivity index (χ1v) is 4.82. The van der Waals surface area contributed by atoms with Crippen LogP contribution in [-0.2, 0) is 0 Å². The van der Waals surface area contributed by atoms with Crippen molar-refractivity contribution in [2.45, 2.75) is 31.2 Å². The lowest BCUT2D eigenvalue weighted by atomic mass is 10.2. The molecule has 0 aromatic carbocycles. The number of nitrogens with zero attached hydrogens (tertiary/aromatic N) is 2. The Morgan fingerprint density at radius 1 is 1.42 bits per heavy atom. The van der Waals surface area contributed by atoms with Crippen LogP contribution in [0.2, 0.25) is 0 Å². The average molecular weight is 186 g/mol. The number of hydrogen-bond donors (Lipinski definition) is 2. The molecule has 0 spiro atoms. The van der Waals surface area contributed by atoms with Crippen LogP contribution in [0.15, 0.2) is 5.16 Å². The number of anilines is 1. The molecule has 1 unspecified atom stereocenters. The summed E-state index contributed by atoms with van der Waals surface area (Å²) >= 11 is 1.64. The van der Waals surface area contributed by atoms with Gasteiger partial charge in [0.05, 0.1) is 0 Å². The smallest absolute Gasteiger partial charge is 0.216 e. The van der Waals surface area contributed by atoms with Gasteiger partial charge in [-0.05, 0) is 5.92 Å². The topological polar surface area (TPSA) is 67.6 Å². The summed E-state index contributed by atoms with van der Waals surface area (Å²) in [6.45, 7) is 6.50. The summed E-state index contributed by atoms with van der Waals surface area (Å²) in [6.07, 6.45) is 0. The molecule has 0 saturated heterocycles. The molecule has 1 aromatic heterocycles. The van der Waals surface area contributed by atoms with Gasteiger partial charge in [0.2, 0.25) is 11.1 Å². The van der Waals surface area contributed by atoms with Crippen LogP contribution in [0.4, 0.5) is 5.95 Å². The van der Waals surface area contributed by atoms with E-state index in [-0.39, 0.29) is 0 Å². The van der Waals surface area contributed by atoms with Crippen molar-refractivity contribution < 1.29 is 0 Å².